The van der Waals surface area contributed by atoms with Gasteiger partial charge in [-0.25, -0.2) is 0 Å². The van der Waals surface area contributed by atoms with Crippen LogP contribution in [0.1, 0.15) is 13.8 Å². The lowest BCUT2D eigenvalue weighted by Crippen LogP contribution is -2.11. The monoisotopic (exact) mass is 121 g/mol. The van der Waals surface area contributed by atoms with Gasteiger partial charge in [0.15, 0.2) is 5.78 Å². The summed E-state index contributed by atoms with van der Waals surface area (Å²) < 4.78 is 0. The normalized spacial score (nSPS) is 26.2. The predicted octanol–water partition coefficient (Wildman–Crippen LogP) is 1.51. The highest BCUT2D eigenvalue weighted by Crippen LogP contribution is 2.11. The first-order valence-electron chi connectivity index (χ1n) is 3.02. The average molecular weight is 121 g/mol. The standard InChI is InChI=1S/C8H9O/c1-6-4-3-5-7(2)8(6)9/h4-6H,1-2H3. The lowest BCUT2D eigenvalue weighted by atomic mass is 9.96. The lowest BCUT2D eigenvalue weighted by Gasteiger charge is -2.07. The molecule has 0 aromatic rings. The second kappa shape index (κ2) is 2.18. The minimum absolute atomic E-state index is 0.0370. The maximum Gasteiger partial charge on any atom is 0.165 e. The van der Waals surface area contributed by atoms with Gasteiger partial charge in [-0.05, 0) is 24.6 Å². The van der Waals surface area contributed by atoms with E-state index in [1.807, 2.05) is 13.8 Å². The molecular formula is C8H9O. The average Bonchev–Trinajstić information content (AvgIpc) is 1.83. The highest BCUT2D eigenvalue weighted by atomic mass is 16.1. The van der Waals surface area contributed by atoms with Gasteiger partial charge in [0.2, 0.25) is 0 Å². The van der Waals surface area contributed by atoms with Gasteiger partial charge in [0.1, 0.15) is 0 Å². The van der Waals surface area contributed by atoms with Gasteiger partial charge in [0.25, 0.3) is 0 Å². The molecule has 0 fully saturated rings. The van der Waals surface area contributed by atoms with Gasteiger partial charge in [-0.1, -0.05) is 13.0 Å². The Hall–Kier alpha value is -0.850. The number of hydrogen-bond donors (Lipinski definition) is 0. The van der Waals surface area contributed by atoms with E-state index in [0.29, 0.717) is 0 Å². The molecule has 0 bridgehead atoms. The Balaban J connectivity index is 2.86. The molecule has 1 atom stereocenters. The molecule has 0 saturated heterocycles. The molecule has 47 valence electrons. The summed E-state index contributed by atoms with van der Waals surface area (Å²) in [7, 11) is 0. The van der Waals surface area contributed by atoms with Crippen molar-refractivity contribution in [2.45, 2.75) is 13.8 Å². The van der Waals surface area contributed by atoms with Crippen LogP contribution in [0.4, 0.5) is 0 Å². The molecule has 0 N–H and O–H groups in total. The van der Waals surface area contributed by atoms with Gasteiger partial charge in [0, 0.05) is 5.92 Å². The number of carbonyl (C=O) groups excluding carboxylic acids is 1. The van der Waals surface area contributed by atoms with E-state index in [4.69, 9.17) is 0 Å². The molecular weight excluding hydrogens is 112 g/mol. The van der Waals surface area contributed by atoms with Crippen molar-refractivity contribution in [3.05, 3.63) is 23.8 Å². The van der Waals surface area contributed by atoms with Crippen molar-refractivity contribution in [1.82, 2.24) is 0 Å². The maximum absolute atomic E-state index is 11.0. The maximum atomic E-state index is 11.0. The van der Waals surface area contributed by atoms with Gasteiger partial charge in [-0.3, -0.25) is 4.79 Å². The summed E-state index contributed by atoms with van der Waals surface area (Å²) in [6.45, 7) is 3.70. The molecule has 0 aliphatic heterocycles. The zero-order chi connectivity index (χ0) is 6.85. The van der Waals surface area contributed by atoms with Crippen LogP contribution in [0.3, 0.4) is 0 Å². The first-order chi connectivity index (χ1) is 4.22. The van der Waals surface area contributed by atoms with Gasteiger partial charge in [-0.15, -0.1) is 0 Å². The SMILES string of the molecule is CC1=C[C]=CC(C)C1=O. The van der Waals surface area contributed by atoms with E-state index in [0.717, 1.165) is 5.57 Å². The van der Waals surface area contributed by atoms with E-state index < -0.39 is 0 Å². The summed E-state index contributed by atoms with van der Waals surface area (Å²) in [4.78, 5) is 11.0. The quantitative estimate of drug-likeness (QED) is 0.474. The number of Topliss-reactive ketones (excluding diaryl/α,β-unsaturated/α-hetero) is 1. The van der Waals surface area contributed by atoms with Gasteiger partial charge >= 0.3 is 0 Å². The molecule has 1 radical (unpaired) electrons. The van der Waals surface area contributed by atoms with E-state index >= 15 is 0 Å². The van der Waals surface area contributed by atoms with E-state index in [-0.39, 0.29) is 11.7 Å². The van der Waals surface area contributed by atoms with Crippen molar-refractivity contribution in [2.75, 3.05) is 0 Å². The Labute approximate surface area is 55.1 Å². The number of allylic oxidation sites excluding steroid dienone is 4. The van der Waals surface area contributed by atoms with Crippen LogP contribution < -0.4 is 0 Å². The van der Waals surface area contributed by atoms with Crippen molar-refractivity contribution in [2.24, 2.45) is 5.92 Å². The summed E-state index contributed by atoms with van der Waals surface area (Å²) >= 11 is 0. The van der Waals surface area contributed by atoms with Crippen molar-refractivity contribution >= 4 is 5.78 Å². The highest BCUT2D eigenvalue weighted by Gasteiger charge is 2.13. The van der Waals surface area contributed by atoms with Crippen molar-refractivity contribution in [1.29, 1.82) is 0 Å². The fourth-order valence-corrected chi connectivity index (χ4v) is 0.823. The number of carbonyl (C=O) groups is 1. The highest BCUT2D eigenvalue weighted by molar-refractivity contribution is 5.98. The predicted molar refractivity (Wildman–Crippen MR) is 35.7 cm³/mol. The third kappa shape index (κ3) is 1.10. The van der Waals surface area contributed by atoms with Gasteiger partial charge < -0.3 is 0 Å². The summed E-state index contributed by atoms with van der Waals surface area (Å²) in [5.74, 6) is 0.253. The molecule has 0 heterocycles. The molecule has 0 amide bonds. The van der Waals surface area contributed by atoms with Crippen LogP contribution in [0.15, 0.2) is 17.7 Å². The second-order valence-corrected chi connectivity index (χ2v) is 2.31. The molecule has 0 aromatic heterocycles. The zero-order valence-electron chi connectivity index (χ0n) is 5.64. The smallest absolute Gasteiger partial charge is 0.165 e. The largest absolute Gasteiger partial charge is 0.294 e. The lowest BCUT2D eigenvalue weighted by molar-refractivity contribution is -0.117. The Morgan fingerprint density at radius 1 is 1.67 bits per heavy atom. The minimum Gasteiger partial charge on any atom is -0.294 e. The first kappa shape index (κ1) is 6.27. The molecule has 1 nitrogen and oxygen atoms in total. The third-order valence-corrected chi connectivity index (χ3v) is 1.45. The van der Waals surface area contributed by atoms with Crippen LogP contribution in [0.5, 0.6) is 0 Å². The number of hydrogen-bond acceptors (Lipinski definition) is 1. The minimum atomic E-state index is 0.0370. The van der Waals surface area contributed by atoms with Crippen LogP contribution >= 0.6 is 0 Å². The molecule has 0 saturated carbocycles. The Morgan fingerprint density at radius 3 is 2.78 bits per heavy atom. The Bertz CT molecular complexity index is 187. The molecule has 1 aliphatic rings. The van der Waals surface area contributed by atoms with Crippen LogP contribution in [0.25, 0.3) is 0 Å². The summed E-state index contributed by atoms with van der Waals surface area (Å²) in [6, 6.07) is 0. The Morgan fingerprint density at radius 2 is 2.33 bits per heavy atom. The topological polar surface area (TPSA) is 17.1 Å². The molecule has 9 heavy (non-hydrogen) atoms. The number of ketones is 1. The van der Waals surface area contributed by atoms with Crippen molar-refractivity contribution in [3.63, 3.8) is 0 Å². The summed E-state index contributed by atoms with van der Waals surface area (Å²) in [5, 5.41) is 0. The molecule has 1 heteroatoms. The summed E-state index contributed by atoms with van der Waals surface area (Å²) in [5.41, 5.74) is 0.810. The second-order valence-electron chi connectivity index (χ2n) is 2.31. The van der Waals surface area contributed by atoms with Crippen LogP contribution in [-0.4, -0.2) is 5.78 Å². The zero-order valence-corrected chi connectivity index (χ0v) is 5.64. The van der Waals surface area contributed by atoms with E-state index in [9.17, 15) is 4.79 Å². The van der Waals surface area contributed by atoms with Crippen LogP contribution in [0.2, 0.25) is 0 Å². The van der Waals surface area contributed by atoms with Crippen LogP contribution in [0, 0.1) is 12.0 Å². The molecule has 0 aromatic carbocycles. The molecule has 1 unspecified atom stereocenters. The summed E-state index contributed by atoms with van der Waals surface area (Å²) in [6.07, 6.45) is 6.42. The third-order valence-electron chi connectivity index (χ3n) is 1.45. The molecule has 1 rings (SSSR count). The number of rotatable bonds is 0. The Kier molecular flexibility index (Phi) is 1.52. The van der Waals surface area contributed by atoms with E-state index in [2.05, 4.69) is 6.08 Å². The first-order valence-corrected chi connectivity index (χ1v) is 3.02. The fraction of sp³-hybridized carbons (Fsp3) is 0.375. The van der Waals surface area contributed by atoms with Crippen molar-refractivity contribution < 1.29 is 4.79 Å². The molecule has 0 spiro atoms. The fourth-order valence-electron chi connectivity index (χ4n) is 0.823. The van der Waals surface area contributed by atoms with Gasteiger partial charge in [0.05, 0.1) is 0 Å². The van der Waals surface area contributed by atoms with E-state index in [1.165, 1.54) is 0 Å². The van der Waals surface area contributed by atoms with E-state index in [1.54, 1.807) is 12.2 Å². The van der Waals surface area contributed by atoms with Crippen LogP contribution in [-0.2, 0) is 4.79 Å². The van der Waals surface area contributed by atoms with Gasteiger partial charge in [-0.2, -0.15) is 0 Å². The van der Waals surface area contributed by atoms with Crippen molar-refractivity contribution in [3.8, 4) is 0 Å². The molecule has 1 aliphatic carbocycles.